The summed E-state index contributed by atoms with van der Waals surface area (Å²) in [4.78, 5) is 5.35. The molecule has 0 saturated carbocycles. The van der Waals surface area contributed by atoms with Crippen molar-refractivity contribution >= 4 is 5.69 Å². The Morgan fingerprint density at radius 1 is 0.947 bits per heavy atom. The Kier molecular flexibility index (Phi) is 2.35. The topological polar surface area (TPSA) is 42.5 Å². The van der Waals surface area contributed by atoms with Crippen molar-refractivity contribution in [2.75, 3.05) is 5.32 Å². The van der Waals surface area contributed by atoms with Gasteiger partial charge in [-0.25, -0.2) is 0 Å². The second kappa shape index (κ2) is 4.17. The zero-order valence-corrected chi connectivity index (χ0v) is 10.1. The number of benzene rings is 2. The molecule has 2 aliphatic rings. The highest BCUT2D eigenvalue weighted by Crippen LogP contribution is 2.40. The van der Waals surface area contributed by atoms with E-state index >= 15 is 0 Å². The van der Waals surface area contributed by atoms with Crippen LogP contribution in [0.4, 0.5) is 5.69 Å². The van der Waals surface area contributed by atoms with Gasteiger partial charge in [-0.2, -0.15) is 0 Å². The molecule has 0 spiro atoms. The van der Waals surface area contributed by atoms with Crippen LogP contribution < -0.4 is 20.4 Å². The minimum Gasteiger partial charge on any atom is -0.468 e. The highest BCUT2D eigenvalue weighted by Gasteiger charge is 2.35. The monoisotopic (exact) mass is 252 g/mol. The third kappa shape index (κ3) is 1.72. The molecule has 2 aliphatic heterocycles. The van der Waals surface area contributed by atoms with E-state index in [0.717, 1.165) is 22.7 Å². The number of fused-ring (bicyclic) bond motifs is 2. The summed E-state index contributed by atoms with van der Waals surface area (Å²) >= 11 is 0. The molecule has 19 heavy (non-hydrogen) atoms. The highest BCUT2D eigenvalue weighted by molar-refractivity contribution is 5.60. The molecule has 0 saturated heterocycles. The van der Waals surface area contributed by atoms with Gasteiger partial charge in [-0.05, 0) is 18.2 Å². The lowest BCUT2D eigenvalue weighted by Gasteiger charge is -2.28. The number of hydrogen-bond donors (Lipinski definition) is 2. The molecule has 4 heteroatoms. The fourth-order valence-electron chi connectivity index (χ4n) is 2.45. The number of hydroxylamine groups is 1. The maximum atomic E-state index is 5.93. The van der Waals surface area contributed by atoms with E-state index in [1.165, 1.54) is 0 Å². The van der Waals surface area contributed by atoms with Gasteiger partial charge in [-0.15, -0.1) is 5.48 Å². The highest BCUT2D eigenvalue weighted by atomic mass is 16.6. The maximum absolute atomic E-state index is 5.93. The predicted molar refractivity (Wildman–Crippen MR) is 70.7 cm³/mol. The molecule has 0 bridgehead atoms. The molecule has 94 valence electrons. The molecule has 2 N–H and O–H groups in total. The third-order valence-electron chi connectivity index (χ3n) is 3.37. The molecule has 2 atom stereocenters. The summed E-state index contributed by atoms with van der Waals surface area (Å²) in [6.45, 7) is 3.09. The van der Waals surface area contributed by atoms with Crippen molar-refractivity contribution in [3.63, 3.8) is 0 Å². The van der Waals surface area contributed by atoms with E-state index in [1.54, 1.807) is 0 Å². The lowest BCUT2D eigenvalue weighted by Crippen LogP contribution is -2.37. The lowest BCUT2D eigenvalue weighted by molar-refractivity contribution is 0.155. The number of nitrogens with one attached hydrogen (secondary N) is 2. The summed E-state index contributed by atoms with van der Waals surface area (Å²) in [7, 11) is 0. The SMILES string of the molecule is [C]1NOc2ccccc2C1C1Nc2ccccc2O1. The quantitative estimate of drug-likeness (QED) is 0.818. The van der Waals surface area contributed by atoms with E-state index in [2.05, 4.69) is 17.3 Å². The van der Waals surface area contributed by atoms with Crippen LogP contribution in [-0.4, -0.2) is 6.23 Å². The van der Waals surface area contributed by atoms with E-state index in [4.69, 9.17) is 9.57 Å². The summed E-state index contributed by atoms with van der Waals surface area (Å²) < 4.78 is 5.93. The molecule has 4 rings (SSSR count). The fraction of sp³-hybridized carbons (Fsp3) is 0.133. The Hall–Kier alpha value is -2.20. The molecule has 2 heterocycles. The molecule has 0 aromatic heterocycles. The first kappa shape index (κ1) is 10.7. The van der Waals surface area contributed by atoms with Crippen LogP contribution >= 0.6 is 0 Å². The van der Waals surface area contributed by atoms with E-state index in [1.807, 2.05) is 48.5 Å². The molecule has 2 unspecified atom stereocenters. The van der Waals surface area contributed by atoms with Crippen LogP contribution in [0.15, 0.2) is 48.5 Å². The zero-order valence-electron chi connectivity index (χ0n) is 10.1. The first-order chi connectivity index (χ1) is 9.42. The number of rotatable bonds is 1. The average molecular weight is 252 g/mol. The smallest absolute Gasteiger partial charge is 0.179 e. The van der Waals surface area contributed by atoms with Crippen molar-refractivity contribution in [2.24, 2.45) is 0 Å². The van der Waals surface area contributed by atoms with Crippen molar-refractivity contribution < 1.29 is 9.57 Å². The molecular formula is C15H12N2O2. The van der Waals surface area contributed by atoms with E-state index in [9.17, 15) is 0 Å². The third-order valence-corrected chi connectivity index (χ3v) is 3.37. The van der Waals surface area contributed by atoms with Crippen LogP contribution in [0.5, 0.6) is 11.5 Å². The molecule has 2 aromatic rings. The van der Waals surface area contributed by atoms with Crippen LogP contribution in [0.3, 0.4) is 0 Å². The van der Waals surface area contributed by atoms with Gasteiger partial charge in [0.25, 0.3) is 0 Å². The Labute approximate surface area is 111 Å². The molecule has 2 radical (unpaired) electrons. The minimum absolute atomic E-state index is 0.0302. The molecule has 0 fully saturated rings. The summed E-state index contributed by atoms with van der Waals surface area (Å²) in [5.74, 6) is 1.66. The number of anilines is 1. The predicted octanol–water partition coefficient (Wildman–Crippen LogP) is 2.54. The second-order valence-corrected chi connectivity index (χ2v) is 4.54. The van der Waals surface area contributed by atoms with Crippen LogP contribution in [0.1, 0.15) is 11.5 Å². The van der Waals surface area contributed by atoms with Gasteiger partial charge in [0.1, 0.15) is 12.3 Å². The summed E-state index contributed by atoms with van der Waals surface area (Å²) in [5, 5.41) is 3.36. The van der Waals surface area contributed by atoms with Crippen molar-refractivity contribution in [3.8, 4) is 11.5 Å². The van der Waals surface area contributed by atoms with Gasteiger partial charge in [0.15, 0.2) is 12.0 Å². The summed E-state index contributed by atoms with van der Waals surface area (Å²) in [6.07, 6.45) is -0.171. The fourth-order valence-corrected chi connectivity index (χ4v) is 2.45. The second-order valence-electron chi connectivity index (χ2n) is 4.54. The Morgan fingerprint density at radius 3 is 2.63 bits per heavy atom. The van der Waals surface area contributed by atoms with Crippen LogP contribution in [0.25, 0.3) is 0 Å². The Bertz CT molecular complexity index is 590. The average Bonchev–Trinajstić information content (AvgIpc) is 2.90. The standard InChI is InChI=1S/C15H12N2O2/c1-3-7-13-10(5-1)11(9-16-19-13)15-17-12-6-2-4-8-14(12)18-15/h1-8,11,15-17H. The van der Waals surface area contributed by atoms with Crippen LogP contribution in [0, 0.1) is 6.54 Å². The van der Waals surface area contributed by atoms with Crippen LogP contribution in [0.2, 0.25) is 0 Å². The summed E-state index contributed by atoms with van der Waals surface area (Å²) in [6, 6.07) is 15.8. The van der Waals surface area contributed by atoms with Gasteiger partial charge >= 0.3 is 0 Å². The van der Waals surface area contributed by atoms with Crippen molar-refractivity contribution in [1.29, 1.82) is 0 Å². The first-order valence-corrected chi connectivity index (χ1v) is 6.20. The molecular weight excluding hydrogens is 240 g/mol. The maximum Gasteiger partial charge on any atom is 0.179 e. The Morgan fingerprint density at radius 2 is 1.74 bits per heavy atom. The van der Waals surface area contributed by atoms with Crippen molar-refractivity contribution in [1.82, 2.24) is 5.48 Å². The van der Waals surface area contributed by atoms with E-state index < -0.39 is 0 Å². The number of ether oxygens (including phenoxy) is 1. The lowest BCUT2D eigenvalue weighted by atomic mass is 9.95. The minimum atomic E-state index is -0.171. The van der Waals surface area contributed by atoms with E-state index in [0.29, 0.717) is 0 Å². The zero-order chi connectivity index (χ0) is 12.7. The van der Waals surface area contributed by atoms with Gasteiger partial charge in [-0.3, -0.25) is 0 Å². The van der Waals surface area contributed by atoms with Crippen molar-refractivity contribution in [2.45, 2.75) is 12.1 Å². The first-order valence-electron chi connectivity index (χ1n) is 6.20. The van der Waals surface area contributed by atoms with E-state index in [-0.39, 0.29) is 12.1 Å². The van der Waals surface area contributed by atoms with Crippen molar-refractivity contribution in [3.05, 3.63) is 60.6 Å². The molecule has 4 nitrogen and oxygen atoms in total. The van der Waals surface area contributed by atoms with Gasteiger partial charge in [0.05, 0.1) is 11.6 Å². The van der Waals surface area contributed by atoms with Gasteiger partial charge in [0.2, 0.25) is 0 Å². The number of para-hydroxylation sites is 3. The summed E-state index contributed by atoms with van der Waals surface area (Å²) in [5.41, 5.74) is 4.80. The van der Waals surface area contributed by atoms with Gasteiger partial charge < -0.3 is 14.9 Å². The molecule has 2 aromatic carbocycles. The van der Waals surface area contributed by atoms with Gasteiger partial charge in [0, 0.05) is 5.56 Å². The largest absolute Gasteiger partial charge is 0.468 e. The molecule has 0 aliphatic carbocycles. The Balaban J connectivity index is 1.66. The number of hydrogen-bond acceptors (Lipinski definition) is 4. The van der Waals surface area contributed by atoms with Gasteiger partial charge in [-0.1, -0.05) is 30.3 Å². The van der Waals surface area contributed by atoms with Crippen LogP contribution in [-0.2, 0) is 0 Å². The molecule has 0 amide bonds. The normalized spacial score (nSPS) is 23.6.